The molecule has 0 bridgehead atoms. The number of nitrogens with zero attached hydrogens (tertiary/aromatic N) is 1. The van der Waals surface area contributed by atoms with Crippen LogP contribution in [0.4, 0.5) is 21.5 Å². The molecule has 0 aliphatic carbocycles. The Kier molecular flexibility index (Phi) is 12.5. The van der Waals surface area contributed by atoms with Crippen molar-refractivity contribution in [3.05, 3.63) is 61.8 Å². The molecule has 199 valence electrons. The Balaban J connectivity index is 0. The van der Waals surface area contributed by atoms with E-state index in [0.29, 0.717) is 30.3 Å². The van der Waals surface area contributed by atoms with E-state index in [1.54, 1.807) is 36.3 Å². The fraction of sp³-hybridized carbons (Fsp3) is 0.346. The maximum absolute atomic E-state index is 14.7. The molecular weight excluding hydrogens is 502 g/mol. The van der Waals surface area contributed by atoms with Gasteiger partial charge in [-0.15, -0.1) is 0 Å². The zero-order valence-electron chi connectivity index (χ0n) is 21.0. The molecule has 1 aliphatic rings. The second-order valence-electron chi connectivity index (χ2n) is 8.19. The molecule has 1 heterocycles. The summed E-state index contributed by atoms with van der Waals surface area (Å²) in [4.78, 5) is 26.3. The molecule has 3 rings (SSSR count). The van der Waals surface area contributed by atoms with Gasteiger partial charge in [0.1, 0.15) is 24.6 Å². The third-order valence-electron chi connectivity index (χ3n) is 5.60. The fourth-order valence-electron chi connectivity index (χ4n) is 3.87. The average molecular weight is 541 g/mol. The van der Waals surface area contributed by atoms with Gasteiger partial charge in [-0.1, -0.05) is 6.58 Å². The third-order valence-corrected chi connectivity index (χ3v) is 5.60. The number of nitrogens with one attached hydrogen (secondary N) is 2. The Bertz CT molecular complexity index is 1040. The van der Waals surface area contributed by atoms with Crippen molar-refractivity contribution in [2.45, 2.75) is 32.2 Å². The number of nitrogen functional groups attached to an aromatic ring is 1. The Morgan fingerprint density at radius 1 is 1.19 bits per heavy atom. The fourth-order valence-corrected chi connectivity index (χ4v) is 3.87. The van der Waals surface area contributed by atoms with Gasteiger partial charge in [-0.2, -0.15) is 0 Å². The molecule has 2 aromatic rings. The molecule has 0 saturated carbocycles. The molecule has 1 fully saturated rings. The monoisotopic (exact) mass is 540 g/mol. The maximum atomic E-state index is 14.7. The molecule has 1 saturated heterocycles. The van der Waals surface area contributed by atoms with E-state index in [1.807, 2.05) is 6.92 Å². The molecule has 1 atom stereocenters. The largest absolute Gasteiger partial charge is 0.491 e. The van der Waals surface area contributed by atoms with Crippen LogP contribution < -0.4 is 21.1 Å². The van der Waals surface area contributed by atoms with E-state index in [0.717, 1.165) is 12.8 Å². The van der Waals surface area contributed by atoms with Crippen molar-refractivity contribution >= 4 is 34.6 Å². The van der Waals surface area contributed by atoms with Gasteiger partial charge < -0.3 is 38.2 Å². The number of likely N-dealkylation sites (tertiary alicyclic amines) is 1. The molecule has 2 amide bonds. The van der Waals surface area contributed by atoms with Crippen molar-refractivity contribution in [2.24, 2.45) is 0 Å². The minimum absolute atomic E-state index is 0. The maximum Gasteiger partial charge on any atom is 0.233 e. The minimum atomic E-state index is -0.564. The molecule has 8 nitrogen and oxygen atoms in total. The third kappa shape index (κ3) is 8.29. The summed E-state index contributed by atoms with van der Waals surface area (Å²) in [5, 5.41) is 5.75. The number of amides is 2. The van der Waals surface area contributed by atoms with Crippen LogP contribution in [0.3, 0.4) is 0 Å². The Labute approximate surface area is 227 Å². The van der Waals surface area contributed by atoms with Gasteiger partial charge in [0.25, 0.3) is 0 Å². The molecule has 10 heteroatoms. The van der Waals surface area contributed by atoms with E-state index < -0.39 is 5.82 Å². The van der Waals surface area contributed by atoms with Crippen molar-refractivity contribution in [3.8, 4) is 5.75 Å². The molecule has 1 radical (unpaired) electrons. The summed E-state index contributed by atoms with van der Waals surface area (Å²) in [7, 11) is 1.55. The van der Waals surface area contributed by atoms with E-state index in [2.05, 4.69) is 17.2 Å². The quantitative estimate of drug-likeness (QED) is 0.173. The summed E-state index contributed by atoms with van der Waals surface area (Å²) in [6.45, 7) is 7.24. The second-order valence-corrected chi connectivity index (χ2v) is 8.19. The number of halogens is 1. The normalized spacial score (nSPS) is 14.3. The van der Waals surface area contributed by atoms with Gasteiger partial charge in [-0.05, 0) is 44.0 Å². The van der Waals surface area contributed by atoms with Crippen molar-refractivity contribution in [1.29, 1.82) is 0 Å². The number of hydrogen-bond acceptors (Lipinski definition) is 6. The zero-order valence-corrected chi connectivity index (χ0v) is 22.4. The molecule has 0 aromatic heterocycles. The minimum Gasteiger partial charge on any atom is -0.491 e. The summed E-state index contributed by atoms with van der Waals surface area (Å²) >= 11 is 0. The van der Waals surface area contributed by atoms with Crippen LogP contribution in [0.1, 0.15) is 34.6 Å². The van der Waals surface area contributed by atoms with Crippen LogP contribution in [-0.2, 0) is 32.9 Å². The number of nitrogens with two attached hydrogens (primary N) is 1. The number of carbonyl (C=O) groups is 2. The number of carbonyl (C=O) groups excluding carboxylic acids is 2. The summed E-state index contributed by atoms with van der Waals surface area (Å²) in [5.41, 5.74) is 7.81. The first-order valence-corrected chi connectivity index (χ1v) is 11.1. The van der Waals surface area contributed by atoms with Gasteiger partial charge in [0.05, 0.1) is 12.2 Å². The van der Waals surface area contributed by atoms with Crippen LogP contribution in [0.25, 0.3) is 5.70 Å². The van der Waals surface area contributed by atoms with Gasteiger partial charge in [0.15, 0.2) is 0 Å². The SMILES string of the molecule is C=C(Nc1ccc(NC(=O)CC(=O)N2CCC[C@@H]2C)cc1)c1c(N)cc(OCCOC)cc1F.[CH3-].[HH].[HH].[V]. The standard InChI is InChI=1S/C25H31FN4O4.CH3.V.2H2/c1-16-5-4-10-30(16)24(32)15-23(31)29-19-8-6-18(7-9-19)28-17(2)25-21(26)13-20(14-22(25)27)34-12-11-33-3;;;;/h6-9,13-14,16,28H,2,4-5,10-12,15,27H2,1,3H3,(H,29,31);1H3;;2*1H/q;-1;;;/t16-;;;;/m0..../s1. The number of hydrogen-bond donors (Lipinski definition) is 3. The molecule has 0 spiro atoms. The van der Waals surface area contributed by atoms with Gasteiger partial charge in [-0.25, -0.2) is 4.39 Å². The van der Waals surface area contributed by atoms with Crippen LogP contribution in [0, 0.1) is 13.2 Å². The van der Waals surface area contributed by atoms with E-state index in [-0.39, 0.29) is 76.7 Å². The molecule has 1 aliphatic heterocycles. The van der Waals surface area contributed by atoms with E-state index in [1.165, 1.54) is 12.1 Å². The van der Waals surface area contributed by atoms with Crippen molar-refractivity contribution in [2.75, 3.05) is 43.2 Å². The van der Waals surface area contributed by atoms with Gasteiger partial charge in [0, 0.05) is 76.0 Å². The topological polar surface area (TPSA) is 106 Å². The molecular formula is C26H38FN4O4V-. The van der Waals surface area contributed by atoms with Crippen LogP contribution in [0.2, 0.25) is 0 Å². The van der Waals surface area contributed by atoms with Crippen LogP contribution in [0.5, 0.6) is 5.75 Å². The smallest absolute Gasteiger partial charge is 0.233 e. The number of ether oxygens (including phenoxy) is 2. The Morgan fingerprint density at radius 3 is 2.39 bits per heavy atom. The van der Waals surface area contributed by atoms with E-state index in [9.17, 15) is 14.0 Å². The van der Waals surface area contributed by atoms with E-state index in [4.69, 9.17) is 15.2 Å². The van der Waals surface area contributed by atoms with Gasteiger partial charge in [0.2, 0.25) is 11.8 Å². The van der Waals surface area contributed by atoms with Crippen LogP contribution in [-0.4, -0.2) is 49.6 Å². The number of benzene rings is 2. The molecule has 0 unspecified atom stereocenters. The Hall–Kier alpha value is -3.01. The Morgan fingerprint density at radius 2 is 1.83 bits per heavy atom. The van der Waals surface area contributed by atoms with Crippen LogP contribution >= 0.6 is 0 Å². The van der Waals surface area contributed by atoms with Crippen molar-refractivity contribution in [1.82, 2.24) is 4.90 Å². The van der Waals surface area contributed by atoms with Gasteiger partial charge in [-0.3, -0.25) is 9.59 Å². The first-order valence-electron chi connectivity index (χ1n) is 11.1. The second kappa shape index (κ2) is 14.5. The summed E-state index contributed by atoms with van der Waals surface area (Å²) in [6.07, 6.45) is 1.75. The molecule has 36 heavy (non-hydrogen) atoms. The van der Waals surface area contributed by atoms with Gasteiger partial charge >= 0.3 is 0 Å². The van der Waals surface area contributed by atoms with Crippen LogP contribution in [0.15, 0.2) is 43.0 Å². The molecule has 4 N–H and O–H groups in total. The summed E-state index contributed by atoms with van der Waals surface area (Å²) in [6, 6.07) is 9.74. The average Bonchev–Trinajstić information content (AvgIpc) is 3.21. The van der Waals surface area contributed by atoms with E-state index >= 15 is 0 Å². The summed E-state index contributed by atoms with van der Waals surface area (Å²) < 4.78 is 25.0. The first-order chi connectivity index (χ1) is 16.3. The zero-order chi connectivity index (χ0) is 24.7. The first kappa shape index (κ1) is 31.0. The summed E-state index contributed by atoms with van der Waals surface area (Å²) in [5.74, 6) is -0.782. The molecule has 2 aromatic carbocycles. The van der Waals surface area contributed by atoms with Crippen molar-refractivity contribution < 1.29 is 44.9 Å². The predicted octanol–water partition coefficient (Wildman–Crippen LogP) is 4.80. The number of methoxy groups -OCH3 is 1. The number of rotatable bonds is 10. The number of anilines is 3. The van der Waals surface area contributed by atoms with Crippen molar-refractivity contribution in [3.63, 3.8) is 0 Å². The predicted molar refractivity (Wildman–Crippen MR) is 142 cm³/mol.